The van der Waals surface area contributed by atoms with E-state index >= 15 is 0 Å². The van der Waals surface area contributed by atoms with Crippen molar-refractivity contribution in [1.29, 1.82) is 0 Å². The molecule has 0 radical (unpaired) electrons. The standard InChI is InChI=1S/C25H31F4N5O3S/c1-13-7-6-8-34(13)21(36)18-19(38-20(31-18)22(37)33-11-16(35)24(5,26)12-33)14-10-30-17(32-23(2,3)4)9-15(14)25(27,28)29/h9-10,13,16,35H,6-8,11-12H2,1-5H3,(H,30,32)/t13-,16+,24-/m0/s1. The van der Waals surface area contributed by atoms with Gasteiger partial charge in [-0.2, -0.15) is 13.2 Å². The lowest BCUT2D eigenvalue weighted by molar-refractivity contribution is -0.137. The summed E-state index contributed by atoms with van der Waals surface area (Å²) < 4.78 is 57.3. The van der Waals surface area contributed by atoms with Gasteiger partial charge in [-0.05, 0) is 53.5 Å². The highest BCUT2D eigenvalue weighted by Gasteiger charge is 2.46. The summed E-state index contributed by atoms with van der Waals surface area (Å²) in [4.78, 5) is 37.5. The molecule has 2 N–H and O–H groups in total. The number of aliphatic hydroxyl groups is 1. The number of nitrogens with zero attached hydrogens (tertiary/aromatic N) is 4. The molecule has 0 spiro atoms. The highest BCUT2D eigenvalue weighted by molar-refractivity contribution is 7.17. The molecule has 0 aliphatic carbocycles. The maximum atomic E-state index is 14.5. The van der Waals surface area contributed by atoms with Crippen molar-refractivity contribution in [1.82, 2.24) is 19.8 Å². The van der Waals surface area contributed by atoms with Crippen LogP contribution in [0.15, 0.2) is 12.3 Å². The van der Waals surface area contributed by atoms with Gasteiger partial charge >= 0.3 is 6.18 Å². The van der Waals surface area contributed by atoms with E-state index in [1.807, 2.05) is 6.92 Å². The lowest BCUT2D eigenvalue weighted by Crippen LogP contribution is -2.34. The molecule has 3 atom stereocenters. The summed E-state index contributed by atoms with van der Waals surface area (Å²) in [6.45, 7) is 8.06. The highest BCUT2D eigenvalue weighted by atomic mass is 32.1. The number of thiazole rings is 1. The SMILES string of the molecule is C[C@H]1CCCN1C(=O)c1nc(C(=O)N2C[C@@H](O)[C@@](C)(F)C2)sc1-c1cnc(NC(C)(C)C)cc1C(F)(F)F. The maximum absolute atomic E-state index is 14.5. The summed E-state index contributed by atoms with van der Waals surface area (Å²) in [6, 6.07) is 0.732. The fraction of sp³-hybridized carbons (Fsp3) is 0.600. The molecule has 13 heteroatoms. The number of anilines is 1. The zero-order chi connectivity index (χ0) is 28.2. The molecule has 4 rings (SSSR count). The third-order valence-electron chi connectivity index (χ3n) is 6.66. The first kappa shape index (κ1) is 28.2. The Hall–Kier alpha value is -2.80. The molecule has 2 aromatic rings. The highest BCUT2D eigenvalue weighted by Crippen LogP contribution is 2.42. The van der Waals surface area contributed by atoms with E-state index in [0.29, 0.717) is 17.9 Å². The van der Waals surface area contributed by atoms with E-state index in [9.17, 15) is 32.3 Å². The van der Waals surface area contributed by atoms with Crippen LogP contribution < -0.4 is 5.32 Å². The largest absolute Gasteiger partial charge is 0.417 e. The van der Waals surface area contributed by atoms with Gasteiger partial charge in [-0.1, -0.05) is 0 Å². The van der Waals surface area contributed by atoms with E-state index in [1.54, 1.807) is 20.8 Å². The summed E-state index contributed by atoms with van der Waals surface area (Å²) >= 11 is 0.632. The van der Waals surface area contributed by atoms with Crippen molar-refractivity contribution in [3.8, 4) is 10.4 Å². The van der Waals surface area contributed by atoms with Crippen LogP contribution in [0.1, 0.15) is 73.3 Å². The van der Waals surface area contributed by atoms with E-state index in [1.165, 1.54) is 4.90 Å². The third kappa shape index (κ3) is 5.63. The number of rotatable bonds is 4. The number of aliphatic hydroxyl groups excluding tert-OH is 1. The van der Waals surface area contributed by atoms with Crippen molar-refractivity contribution in [3.05, 3.63) is 28.5 Å². The molecule has 38 heavy (non-hydrogen) atoms. The van der Waals surface area contributed by atoms with Crippen LogP contribution in [0.3, 0.4) is 0 Å². The average Bonchev–Trinajstić information content (AvgIpc) is 3.48. The molecular weight excluding hydrogens is 526 g/mol. The second-order valence-corrected chi connectivity index (χ2v) is 12.2. The summed E-state index contributed by atoms with van der Waals surface area (Å²) in [7, 11) is 0. The van der Waals surface area contributed by atoms with Crippen molar-refractivity contribution >= 4 is 29.0 Å². The molecule has 0 saturated carbocycles. The van der Waals surface area contributed by atoms with Gasteiger partial charge in [0.15, 0.2) is 10.7 Å². The maximum Gasteiger partial charge on any atom is 0.417 e. The molecule has 2 aliphatic heterocycles. The topological polar surface area (TPSA) is 98.7 Å². The lowest BCUT2D eigenvalue weighted by Gasteiger charge is -2.23. The Kier molecular flexibility index (Phi) is 7.23. The van der Waals surface area contributed by atoms with Gasteiger partial charge in [-0.3, -0.25) is 9.59 Å². The average molecular weight is 558 g/mol. The number of aromatic nitrogens is 2. The van der Waals surface area contributed by atoms with Crippen molar-refractivity contribution in [2.45, 2.75) is 77.0 Å². The number of carbonyl (C=O) groups excluding carboxylic acids is 2. The van der Waals surface area contributed by atoms with Gasteiger partial charge in [-0.25, -0.2) is 14.4 Å². The van der Waals surface area contributed by atoms with Crippen LogP contribution in [0.25, 0.3) is 10.4 Å². The number of alkyl halides is 4. The summed E-state index contributed by atoms with van der Waals surface area (Å²) in [5.41, 5.74) is -4.28. The molecule has 8 nitrogen and oxygen atoms in total. The second kappa shape index (κ2) is 9.74. The van der Waals surface area contributed by atoms with Gasteiger partial charge in [0.2, 0.25) is 0 Å². The van der Waals surface area contributed by atoms with E-state index in [0.717, 1.165) is 36.9 Å². The number of carbonyl (C=O) groups is 2. The van der Waals surface area contributed by atoms with E-state index in [2.05, 4.69) is 15.3 Å². The number of nitrogens with one attached hydrogen (secondary N) is 1. The number of β-amino-alcohol motifs (C(OH)–C–C–N with tert-alkyl or cyclic N) is 1. The van der Waals surface area contributed by atoms with Gasteiger partial charge in [0.25, 0.3) is 11.8 Å². The second-order valence-electron chi connectivity index (χ2n) is 11.2. The Morgan fingerprint density at radius 3 is 2.45 bits per heavy atom. The normalized spacial score (nSPS) is 24.3. The summed E-state index contributed by atoms with van der Waals surface area (Å²) in [5, 5.41) is 12.6. The number of halogens is 4. The first-order valence-electron chi connectivity index (χ1n) is 12.3. The fourth-order valence-corrected chi connectivity index (χ4v) is 5.71. The van der Waals surface area contributed by atoms with E-state index in [-0.39, 0.29) is 39.5 Å². The number of hydrogen-bond acceptors (Lipinski definition) is 7. The number of likely N-dealkylation sites (tertiary alicyclic amines) is 2. The lowest BCUT2D eigenvalue weighted by atomic mass is 10.1. The van der Waals surface area contributed by atoms with E-state index < -0.39 is 47.4 Å². The Morgan fingerprint density at radius 2 is 1.92 bits per heavy atom. The molecular formula is C25H31F4N5O3S. The fourth-order valence-electron chi connectivity index (χ4n) is 4.67. The number of amides is 2. The zero-order valence-corrected chi connectivity index (χ0v) is 22.6. The van der Waals surface area contributed by atoms with Crippen LogP contribution in [0.2, 0.25) is 0 Å². The Morgan fingerprint density at radius 1 is 1.24 bits per heavy atom. The molecule has 2 saturated heterocycles. The van der Waals surface area contributed by atoms with Crippen LogP contribution in [0.4, 0.5) is 23.4 Å². The predicted octanol–water partition coefficient (Wildman–Crippen LogP) is 4.60. The van der Waals surface area contributed by atoms with Crippen LogP contribution in [-0.4, -0.2) is 79.7 Å². The molecule has 0 bridgehead atoms. The summed E-state index contributed by atoms with van der Waals surface area (Å²) in [5.74, 6) is -1.34. The third-order valence-corrected chi connectivity index (χ3v) is 7.74. The zero-order valence-electron chi connectivity index (χ0n) is 21.8. The summed E-state index contributed by atoms with van der Waals surface area (Å²) in [6.07, 6.45) is -3.71. The minimum Gasteiger partial charge on any atom is -0.388 e. The van der Waals surface area contributed by atoms with E-state index in [4.69, 9.17) is 0 Å². The molecule has 2 amide bonds. The quantitative estimate of drug-likeness (QED) is 0.533. The Labute approximate surface area is 222 Å². The van der Waals surface area contributed by atoms with Crippen LogP contribution in [0.5, 0.6) is 0 Å². The molecule has 0 aromatic carbocycles. The smallest absolute Gasteiger partial charge is 0.388 e. The first-order valence-corrected chi connectivity index (χ1v) is 13.1. The minimum absolute atomic E-state index is 0.00344. The molecule has 2 aromatic heterocycles. The van der Waals surface area contributed by atoms with Crippen molar-refractivity contribution in [3.63, 3.8) is 0 Å². The number of pyridine rings is 1. The molecule has 0 unspecified atom stereocenters. The van der Waals surface area contributed by atoms with Gasteiger partial charge in [0, 0.05) is 29.9 Å². The molecule has 2 aliphatic rings. The monoisotopic (exact) mass is 557 g/mol. The van der Waals surface area contributed by atoms with Gasteiger partial charge in [0.1, 0.15) is 17.6 Å². The number of hydrogen-bond donors (Lipinski definition) is 2. The Balaban J connectivity index is 1.83. The molecule has 4 heterocycles. The molecule has 2 fully saturated rings. The van der Waals surface area contributed by atoms with Crippen molar-refractivity contribution in [2.24, 2.45) is 0 Å². The first-order chi connectivity index (χ1) is 17.5. The van der Waals surface area contributed by atoms with Gasteiger partial charge in [0.05, 0.1) is 23.5 Å². The minimum atomic E-state index is -4.79. The molecule has 208 valence electrons. The van der Waals surface area contributed by atoms with Crippen molar-refractivity contribution in [2.75, 3.05) is 25.0 Å². The van der Waals surface area contributed by atoms with Crippen LogP contribution in [0, 0.1) is 0 Å². The van der Waals surface area contributed by atoms with Gasteiger partial charge in [-0.15, -0.1) is 11.3 Å². The predicted molar refractivity (Wildman–Crippen MR) is 135 cm³/mol. The van der Waals surface area contributed by atoms with Crippen LogP contribution in [-0.2, 0) is 6.18 Å². The van der Waals surface area contributed by atoms with Crippen molar-refractivity contribution < 1.29 is 32.3 Å². The Bertz CT molecular complexity index is 1240. The van der Waals surface area contributed by atoms with Gasteiger partial charge < -0.3 is 20.2 Å². The van der Waals surface area contributed by atoms with Crippen LogP contribution >= 0.6 is 11.3 Å².